The van der Waals surface area contributed by atoms with Gasteiger partial charge in [0.1, 0.15) is 6.10 Å². The minimum atomic E-state index is -1.83. The molecule has 1 unspecified atom stereocenters. The highest BCUT2D eigenvalue weighted by Crippen LogP contribution is 2.37. The van der Waals surface area contributed by atoms with Crippen molar-refractivity contribution in [1.29, 1.82) is 0 Å². The number of halogens is 1. The lowest BCUT2D eigenvalue weighted by molar-refractivity contribution is -0.123. The first-order valence-corrected chi connectivity index (χ1v) is 8.32. The molecule has 0 aliphatic carbocycles. The minimum absolute atomic E-state index is 0.0310. The van der Waals surface area contributed by atoms with Gasteiger partial charge in [0.05, 0.1) is 5.88 Å². The predicted molar refractivity (Wildman–Crippen MR) is 63.5 cm³/mol. The second-order valence-corrected chi connectivity index (χ2v) is 10.1. The fourth-order valence-corrected chi connectivity index (χ4v) is 2.38. The summed E-state index contributed by atoms with van der Waals surface area (Å²) in [6.07, 6.45) is -0.367. The van der Waals surface area contributed by atoms with Gasteiger partial charge in [-0.05, 0) is 25.1 Å². The van der Waals surface area contributed by atoms with Crippen molar-refractivity contribution in [3.63, 3.8) is 0 Å². The van der Waals surface area contributed by atoms with E-state index in [1.165, 1.54) is 0 Å². The van der Waals surface area contributed by atoms with Gasteiger partial charge in [0.2, 0.25) is 0 Å². The zero-order chi connectivity index (χ0) is 11.6. The van der Waals surface area contributed by atoms with Crippen molar-refractivity contribution in [2.75, 3.05) is 5.88 Å². The molecule has 0 aliphatic heterocycles. The molecule has 1 atom stereocenters. The molecule has 14 heavy (non-hydrogen) atoms. The van der Waals surface area contributed by atoms with E-state index in [4.69, 9.17) is 16.0 Å². The third-order valence-electron chi connectivity index (χ3n) is 2.86. The number of carbonyl (C=O) groups excluding carboxylic acids is 1. The van der Waals surface area contributed by atoms with Crippen LogP contribution in [0, 0.1) is 0 Å². The molecule has 0 aliphatic rings. The predicted octanol–water partition coefficient (Wildman–Crippen LogP) is 3.20. The SMILES string of the molecule is CC(O[Si](C)(C)C(C)(C)C)C(=O)CCl. The largest absolute Gasteiger partial charge is 0.407 e. The van der Waals surface area contributed by atoms with Crippen molar-refractivity contribution in [1.82, 2.24) is 0 Å². The fourth-order valence-electron chi connectivity index (χ4n) is 0.793. The molecular weight excluding hydrogens is 216 g/mol. The van der Waals surface area contributed by atoms with Gasteiger partial charge < -0.3 is 4.43 Å². The van der Waals surface area contributed by atoms with E-state index in [1.54, 1.807) is 6.92 Å². The van der Waals surface area contributed by atoms with Gasteiger partial charge in [0.15, 0.2) is 14.1 Å². The van der Waals surface area contributed by atoms with Crippen molar-refractivity contribution >= 4 is 25.7 Å². The van der Waals surface area contributed by atoms with Crippen LogP contribution in [0.2, 0.25) is 18.1 Å². The average molecular weight is 237 g/mol. The Kier molecular flexibility index (Phi) is 4.82. The van der Waals surface area contributed by atoms with Crippen LogP contribution in [-0.4, -0.2) is 26.1 Å². The highest BCUT2D eigenvalue weighted by Gasteiger charge is 2.39. The monoisotopic (exact) mass is 236 g/mol. The van der Waals surface area contributed by atoms with Crippen LogP contribution in [0.25, 0.3) is 0 Å². The maximum absolute atomic E-state index is 11.3. The lowest BCUT2D eigenvalue weighted by Crippen LogP contribution is -2.45. The molecule has 4 heteroatoms. The van der Waals surface area contributed by atoms with Crippen molar-refractivity contribution in [3.05, 3.63) is 0 Å². The summed E-state index contributed by atoms with van der Waals surface area (Å²) in [5.41, 5.74) is 0. The van der Waals surface area contributed by atoms with Crippen LogP contribution in [0.3, 0.4) is 0 Å². The van der Waals surface area contributed by atoms with Crippen LogP contribution in [0.15, 0.2) is 0 Å². The number of hydrogen-bond donors (Lipinski definition) is 0. The Hall–Kier alpha value is 0.137. The van der Waals surface area contributed by atoms with Crippen molar-refractivity contribution in [3.8, 4) is 0 Å². The summed E-state index contributed by atoms with van der Waals surface area (Å²) < 4.78 is 5.86. The van der Waals surface area contributed by atoms with Gasteiger partial charge in [-0.3, -0.25) is 4.79 Å². The fraction of sp³-hybridized carbons (Fsp3) is 0.900. The van der Waals surface area contributed by atoms with Crippen molar-refractivity contribution in [2.45, 2.75) is 51.9 Å². The van der Waals surface area contributed by atoms with Crippen LogP contribution >= 0.6 is 11.6 Å². The molecule has 0 rings (SSSR count). The smallest absolute Gasteiger partial charge is 0.193 e. The van der Waals surface area contributed by atoms with Gasteiger partial charge in [0, 0.05) is 0 Å². The quantitative estimate of drug-likeness (QED) is 0.554. The molecule has 84 valence electrons. The maximum Gasteiger partial charge on any atom is 0.193 e. The molecule has 0 heterocycles. The van der Waals surface area contributed by atoms with Gasteiger partial charge in [0.25, 0.3) is 0 Å². The van der Waals surface area contributed by atoms with Gasteiger partial charge >= 0.3 is 0 Å². The Labute approximate surface area is 93.1 Å². The molecule has 0 amide bonds. The summed E-state index contributed by atoms with van der Waals surface area (Å²) in [5.74, 6) is 0.00646. The maximum atomic E-state index is 11.3. The van der Waals surface area contributed by atoms with Crippen molar-refractivity contribution in [2.24, 2.45) is 0 Å². The van der Waals surface area contributed by atoms with Gasteiger partial charge in [-0.1, -0.05) is 20.8 Å². The summed E-state index contributed by atoms with van der Waals surface area (Å²) >= 11 is 5.48. The zero-order valence-corrected chi connectivity index (χ0v) is 11.7. The van der Waals surface area contributed by atoms with Crippen molar-refractivity contribution < 1.29 is 9.22 Å². The van der Waals surface area contributed by atoms with E-state index in [0.717, 1.165) is 0 Å². The number of hydrogen-bond acceptors (Lipinski definition) is 2. The summed E-state index contributed by atoms with van der Waals surface area (Å²) in [6, 6.07) is 0. The minimum Gasteiger partial charge on any atom is -0.407 e. The highest BCUT2D eigenvalue weighted by atomic mass is 35.5. The third-order valence-corrected chi connectivity index (χ3v) is 7.68. The molecule has 0 saturated heterocycles. The molecule has 0 spiro atoms. The third kappa shape index (κ3) is 3.71. The van der Waals surface area contributed by atoms with E-state index < -0.39 is 8.32 Å². The van der Waals surface area contributed by atoms with E-state index in [0.29, 0.717) is 0 Å². The zero-order valence-electron chi connectivity index (χ0n) is 9.98. The van der Waals surface area contributed by atoms with Gasteiger partial charge in [-0.15, -0.1) is 11.6 Å². The Morgan fingerprint density at radius 1 is 1.43 bits per heavy atom. The molecule has 0 fully saturated rings. The molecule has 0 aromatic rings. The van der Waals surface area contributed by atoms with Crippen LogP contribution < -0.4 is 0 Å². The molecule has 0 radical (unpaired) electrons. The first-order chi connectivity index (χ1) is 6.12. The Balaban J connectivity index is 4.44. The molecule has 0 N–H and O–H groups in total. The second kappa shape index (κ2) is 4.77. The molecule has 0 aromatic carbocycles. The second-order valence-electron chi connectivity index (χ2n) is 5.12. The molecule has 2 nitrogen and oxygen atoms in total. The summed E-state index contributed by atoms with van der Waals surface area (Å²) in [4.78, 5) is 11.3. The van der Waals surface area contributed by atoms with Crippen LogP contribution in [0.1, 0.15) is 27.7 Å². The van der Waals surface area contributed by atoms with Crippen LogP contribution in [-0.2, 0) is 9.22 Å². The van der Waals surface area contributed by atoms with E-state index >= 15 is 0 Å². The highest BCUT2D eigenvalue weighted by molar-refractivity contribution is 6.74. The molecular formula is C10H21ClO2Si. The standard InChI is InChI=1S/C10H21ClO2Si/c1-8(9(12)7-11)13-14(5,6)10(2,3)4/h8H,7H2,1-6H3. The number of Topliss-reactive ketones (excluding diaryl/α,β-unsaturated/α-hetero) is 1. The number of rotatable bonds is 4. The molecule has 0 saturated carbocycles. The molecule has 0 aromatic heterocycles. The number of alkyl halides is 1. The molecule has 0 bridgehead atoms. The Morgan fingerprint density at radius 3 is 2.14 bits per heavy atom. The van der Waals surface area contributed by atoms with Gasteiger partial charge in [-0.2, -0.15) is 0 Å². The number of ketones is 1. The van der Waals surface area contributed by atoms with Gasteiger partial charge in [-0.25, -0.2) is 0 Å². The van der Waals surface area contributed by atoms with E-state index in [-0.39, 0.29) is 22.8 Å². The Morgan fingerprint density at radius 2 is 1.86 bits per heavy atom. The van der Waals surface area contributed by atoms with Crippen LogP contribution in [0.5, 0.6) is 0 Å². The average Bonchev–Trinajstić information content (AvgIpc) is 2.00. The van der Waals surface area contributed by atoms with E-state index in [1.807, 2.05) is 0 Å². The lowest BCUT2D eigenvalue weighted by atomic mass is 10.2. The normalized spacial score (nSPS) is 15.4. The first-order valence-electron chi connectivity index (χ1n) is 4.88. The summed E-state index contributed by atoms with van der Waals surface area (Å²) in [5, 5.41) is 0.133. The Bertz CT molecular complexity index is 209. The van der Waals surface area contributed by atoms with E-state index in [9.17, 15) is 4.79 Å². The topological polar surface area (TPSA) is 26.3 Å². The first kappa shape index (κ1) is 14.1. The lowest BCUT2D eigenvalue weighted by Gasteiger charge is -2.37. The summed E-state index contributed by atoms with van der Waals surface area (Å²) in [6.45, 7) is 12.5. The summed E-state index contributed by atoms with van der Waals surface area (Å²) in [7, 11) is -1.83. The van der Waals surface area contributed by atoms with E-state index in [2.05, 4.69) is 33.9 Å². The number of carbonyl (C=O) groups is 1. The van der Waals surface area contributed by atoms with Crippen LogP contribution in [0.4, 0.5) is 0 Å².